The first-order valence-corrected chi connectivity index (χ1v) is 5.79. The number of rotatable bonds is 5. The van der Waals surface area contributed by atoms with Crippen molar-refractivity contribution in [1.82, 2.24) is 15.5 Å². The Labute approximate surface area is 103 Å². The molecule has 16 heavy (non-hydrogen) atoms. The van der Waals surface area contributed by atoms with Gasteiger partial charge in [-0.3, -0.25) is 0 Å². The van der Waals surface area contributed by atoms with E-state index in [9.17, 15) is 0 Å². The van der Waals surface area contributed by atoms with Crippen molar-refractivity contribution in [1.29, 1.82) is 0 Å². The van der Waals surface area contributed by atoms with Gasteiger partial charge in [-0.15, -0.1) is 0 Å². The highest BCUT2D eigenvalue weighted by Crippen LogP contribution is 1.96. The number of benzene rings is 1. The van der Waals surface area contributed by atoms with Crippen LogP contribution in [0, 0.1) is 0 Å². The highest BCUT2D eigenvalue weighted by atomic mass is 32.1. The molecule has 4 heteroatoms. The summed E-state index contributed by atoms with van der Waals surface area (Å²) in [6.07, 6.45) is 0. The van der Waals surface area contributed by atoms with Crippen LogP contribution in [-0.4, -0.2) is 37.2 Å². The highest BCUT2D eigenvalue weighted by Gasteiger charge is 1.96. The normalized spacial score (nSPS) is 10.2. The molecule has 0 aliphatic carbocycles. The summed E-state index contributed by atoms with van der Waals surface area (Å²) in [6, 6.07) is 10.2. The molecule has 0 unspecified atom stereocenters. The topological polar surface area (TPSA) is 27.3 Å². The first-order valence-electron chi connectivity index (χ1n) is 5.39. The minimum atomic E-state index is 0.714. The molecule has 1 aromatic rings. The Morgan fingerprint density at radius 3 is 2.50 bits per heavy atom. The van der Waals surface area contributed by atoms with Crippen molar-refractivity contribution in [2.24, 2.45) is 0 Å². The van der Waals surface area contributed by atoms with E-state index in [1.54, 1.807) is 0 Å². The summed E-state index contributed by atoms with van der Waals surface area (Å²) >= 11 is 5.16. The van der Waals surface area contributed by atoms with Crippen molar-refractivity contribution in [3.63, 3.8) is 0 Å². The monoisotopic (exact) mass is 237 g/mol. The molecule has 0 aliphatic heterocycles. The Bertz CT molecular complexity index is 311. The lowest BCUT2D eigenvalue weighted by Gasteiger charge is -2.13. The molecule has 0 radical (unpaired) electrons. The van der Waals surface area contributed by atoms with E-state index in [0.29, 0.717) is 5.11 Å². The predicted octanol–water partition coefficient (Wildman–Crippen LogP) is 1.21. The van der Waals surface area contributed by atoms with E-state index in [1.165, 1.54) is 5.56 Å². The zero-order chi connectivity index (χ0) is 11.8. The standard InChI is InChI=1S/C12H19N3S/c1-15(2)9-8-13-12(16)14-10-11-6-4-3-5-7-11/h3-7H,8-10H2,1-2H3,(H2,13,14,16). The van der Waals surface area contributed by atoms with Crippen molar-refractivity contribution in [3.8, 4) is 0 Å². The molecule has 0 fully saturated rings. The maximum atomic E-state index is 5.16. The fourth-order valence-corrected chi connectivity index (χ4v) is 1.41. The Balaban J connectivity index is 2.16. The SMILES string of the molecule is CN(C)CCNC(=S)NCc1ccccc1. The van der Waals surface area contributed by atoms with Crippen LogP contribution in [0.3, 0.4) is 0 Å². The van der Waals surface area contributed by atoms with Crippen LogP contribution in [0.25, 0.3) is 0 Å². The Morgan fingerprint density at radius 1 is 1.19 bits per heavy atom. The average Bonchev–Trinajstić information content (AvgIpc) is 2.27. The molecule has 88 valence electrons. The molecule has 0 amide bonds. The summed E-state index contributed by atoms with van der Waals surface area (Å²) in [5.41, 5.74) is 1.24. The summed E-state index contributed by atoms with van der Waals surface area (Å²) in [7, 11) is 4.09. The lowest BCUT2D eigenvalue weighted by Crippen LogP contribution is -2.38. The molecule has 1 rings (SSSR count). The molecule has 3 nitrogen and oxygen atoms in total. The van der Waals surface area contributed by atoms with E-state index >= 15 is 0 Å². The maximum Gasteiger partial charge on any atom is 0.166 e. The van der Waals surface area contributed by atoms with Crippen molar-refractivity contribution < 1.29 is 0 Å². The smallest absolute Gasteiger partial charge is 0.166 e. The lowest BCUT2D eigenvalue weighted by molar-refractivity contribution is 0.412. The molecule has 0 bridgehead atoms. The molecule has 1 aromatic carbocycles. The zero-order valence-electron chi connectivity index (χ0n) is 9.86. The first-order chi connectivity index (χ1) is 7.68. The minimum Gasteiger partial charge on any atom is -0.361 e. The molecule has 0 saturated carbocycles. The van der Waals surface area contributed by atoms with E-state index in [4.69, 9.17) is 12.2 Å². The molecule has 0 aromatic heterocycles. The van der Waals surface area contributed by atoms with Gasteiger partial charge in [0.2, 0.25) is 0 Å². The maximum absolute atomic E-state index is 5.16. The van der Waals surface area contributed by atoms with Crippen LogP contribution < -0.4 is 10.6 Å². The van der Waals surface area contributed by atoms with Crippen LogP contribution in [0.1, 0.15) is 5.56 Å². The number of nitrogens with zero attached hydrogens (tertiary/aromatic N) is 1. The highest BCUT2D eigenvalue weighted by molar-refractivity contribution is 7.80. The number of likely N-dealkylation sites (N-methyl/N-ethyl adjacent to an activating group) is 1. The van der Waals surface area contributed by atoms with E-state index in [2.05, 4.69) is 27.7 Å². The van der Waals surface area contributed by atoms with E-state index in [0.717, 1.165) is 19.6 Å². The fraction of sp³-hybridized carbons (Fsp3) is 0.417. The van der Waals surface area contributed by atoms with Gasteiger partial charge in [-0.05, 0) is 31.9 Å². The van der Waals surface area contributed by atoms with Crippen LogP contribution in [0.15, 0.2) is 30.3 Å². The summed E-state index contributed by atoms with van der Waals surface area (Å²) in [5.74, 6) is 0. The molecular weight excluding hydrogens is 218 g/mol. The van der Waals surface area contributed by atoms with Crippen molar-refractivity contribution in [3.05, 3.63) is 35.9 Å². The van der Waals surface area contributed by atoms with Crippen molar-refractivity contribution in [2.45, 2.75) is 6.54 Å². The van der Waals surface area contributed by atoms with Crippen LogP contribution in [-0.2, 0) is 6.54 Å². The molecule has 2 N–H and O–H groups in total. The van der Waals surface area contributed by atoms with E-state index in [-0.39, 0.29) is 0 Å². The minimum absolute atomic E-state index is 0.714. The second-order valence-electron chi connectivity index (χ2n) is 3.90. The molecule has 0 saturated heterocycles. The molecule has 0 heterocycles. The third kappa shape index (κ3) is 5.68. The Kier molecular flexibility index (Phi) is 5.82. The third-order valence-electron chi connectivity index (χ3n) is 2.14. The lowest BCUT2D eigenvalue weighted by atomic mass is 10.2. The number of hydrogen-bond acceptors (Lipinski definition) is 2. The summed E-state index contributed by atoms with van der Waals surface area (Å²) < 4.78 is 0. The van der Waals surface area contributed by atoms with Gasteiger partial charge >= 0.3 is 0 Å². The number of hydrogen-bond donors (Lipinski definition) is 2. The molecule has 0 spiro atoms. The van der Waals surface area contributed by atoms with Gasteiger partial charge < -0.3 is 15.5 Å². The fourth-order valence-electron chi connectivity index (χ4n) is 1.23. The second-order valence-corrected chi connectivity index (χ2v) is 4.31. The average molecular weight is 237 g/mol. The third-order valence-corrected chi connectivity index (χ3v) is 2.43. The summed E-state index contributed by atoms with van der Waals surface area (Å²) in [4.78, 5) is 2.12. The van der Waals surface area contributed by atoms with Crippen LogP contribution in [0.4, 0.5) is 0 Å². The van der Waals surface area contributed by atoms with Gasteiger partial charge in [0.05, 0.1) is 0 Å². The van der Waals surface area contributed by atoms with Gasteiger partial charge in [0, 0.05) is 19.6 Å². The molecular formula is C12H19N3S. The quantitative estimate of drug-likeness (QED) is 0.753. The van der Waals surface area contributed by atoms with Crippen LogP contribution in [0.2, 0.25) is 0 Å². The van der Waals surface area contributed by atoms with Gasteiger partial charge in [0.25, 0.3) is 0 Å². The van der Waals surface area contributed by atoms with Crippen LogP contribution >= 0.6 is 12.2 Å². The predicted molar refractivity (Wildman–Crippen MR) is 72.4 cm³/mol. The summed E-state index contributed by atoms with van der Waals surface area (Å²) in [5, 5.41) is 7.05. The van der Waals surface area contributed by atoms with E-state index in [1.807, 2.05) is 32.3 Å². The van der Waals surface area contributed by atoms with Gasteiger partial charge in [0.1, 0.15) is 0 Å². The largest absolute Gasteiger partial charge is 0.361 e. The number of thiocarbonyl (C=S) groups is 1. The Hall–Kier alpha value is -1.13. The van der Waals surface area contributed by atoms with Crippen molar-refractivity contribution >= 4 is 17.3 Å². The van der Waals surface area contributed by atoms with Gasteiger partial charge in [-0.1, -0.05) is 30.3 Å². The number of nitrogens with one attached hydrogen (secondary N) is 2. The Morgan fingerprint density at radius 2 is 1.88 bits per heavy atom. The van der Waals surface area contributed by atoms with Gasteiger partial charge in [-0.2, -0.15) is 0 Å². The summed E-state index contributed by atoms with van der Waals surface area (Å²) in [6.45, 7) is 2.62. The molecule has 0 atom stereocenters. The van der Waals surface area contributed by atoms with Crippen LogP contribution in [0.5, 0.6) is 0 Å². The van der Waals surface area contributed by atoms with Gasteiger partial charge in [-0.25, -0.2) is 0 Å². The van der Waals surface area contributed by atoms with E-state index < -0.39 is 0 Å². The second kappa shape index (κ2) is 7.19. The van der Waals surface area contributed by atoms with Crippen molar-refractivity contribution in [2.75, 3.05) is 27.2 Å². The zero-order valence-corrected chi connectivity index (χ0v) is 10.7. The first kappa shape index (κ1) is 12.9. The van der Waals surface area contributed by atoms with Gasteiger partial charge in [0.15, 0.2) is 5.11 Å². The molecule has 0 aliphatic rings.